The van der Waals surface area contributed by atoms with Gasteiger partial charge in [0.05, 0.1) is 0 Å². The van der Waals surface area contributed by atoms with E-state index < -0.39 is 0 Å². The Morgan fingerprint density at radius 3 is 2.62 bits per heavy atom. The molecule has 3 nitrogen and oxygen atoms in total. The molecule has 0 unspecified atom stereocenters. The number of nitrogens with zero attached hydrogens (tertiary/aromatic N) is 1. The molecule has 1 N–H and O–H groups in total. The van der Waals surface area contributed by atoms with Crippen molar-refractivity contribution >= 4 is 23.2 Å². The van der Waals surface area contributed by atoms with Crippen LogP contribution in [0.1, 0.15) is 21.5 Å². The van der Waals surface area contributed by atoms with Crippen LogP contribution in [0, 0.1) is 6.92 Å². The largest absolute Gasteiger partial charge is 0.381 e. The predicted octanol–water partition coefficient (Wildman–Crippen LogP) is 3.96. The highest BCUT2D eigenvalue weighted by Crippen LogP contribution is 2.19. The molecule has 0 aromatic heterocycles. The lowest BCUT2D eigenvalue weighted by Crippen LogP contribution is -2.21. The van der Waals surface area contributed by atoms with E-state index in [4.69, 9.17) is 11.6 Å². The number of amides is 1. The molecule has 4 heteroatoms. The van der Waals surface area contributed by atoms with E-state index in [9.17, 15) is 4.79 Å². The van der Waals surface area contributed by atoms with Crippen molar-refractivity contribution in [1.82, 2.24) is 4.90 Å². The van der Waals surface area contributed by atoms with Crippen LogP contribution < -0.4 is 5.32 Å². The van der Waals surface area contributed by atoms with Crippen molar-refractivity contribution in [2.75, 3.05) is 19.4 Å². The zero-order chi connectivity index (χ0) is 15.4. The van der Waals surface area contributed by atoms with Crippen LogP contribution in [0.4, 0.5) is 5.69 Å². The third kappa shape index (κ3) is 3.99. The van der Waals surface area contributed by atoms with Gasteiger partial charge in [-0.2, -0.15) is 0 Å². The number of nitrogens with one attached hydrogen (secondary N) is 1. The van der Waals surface area contributed by atoms with Crippen molar-refractivity contribution in [3.8, 4) is 0 Å². The Bertz CT molecular complexity index is 653. The van der Waals surface area contributed by atoms with Gasteiger partial charge in [0.2, 0.25) is 0 Å². The van der Waals surface area contributed by atoms with Gasteiger partial charge in [-0.25, -0.2) is 0 Å². The first kappa shape index (κ1) is 15.4. The molecule has 0 saturated carbocycles. The van der Waals surface area contributed by atoms with Crippen LogP contribution in [0.2, 0.25) is 5.02 Å². The van der Waals surface area contributed by atoms with Crippen LogP contribution in [-0.2, 0) is 6.54 Å². The smallest absolute Gasteiger partial charge is 0.253 e. The average molecular weight is 303 g/mol. The van der Waals surface area contributed by atoms with E-state index in [1.165, 1.54) is 0 Å². The predicted molar refractivity (Wildman–Crippen MR) is 88.0 cm³/mol. The number of rotatable bonds is 4. The Morgan fingerprint density at radius 1 is 1.19 bits per heavy atom. The van der Waals surface area contributed by atoms with E-state index in [0.29, 0.717) is 12.1 Å². The first-order valence-electron chi connectivity index (χ1n) is 6.78. The summed E-state index contributed by atoms with van der Waals surface area (Å²) in [5, 5.41) is 4.09. The number of carbonyl (C=O) groups is 1. The number of benzene rings is 2. The van der Waals surface area contributed by atoms with Gasteiger partial charge in [0.15, 0.2) is 0 Å². The number of hydrogen-bond donors (Lipinski definition) is 1. The van der Waals surface area contributed by atoms with E-state index in [1.807, 2.05) is 49.4 Å². The van der Waals surface area contributed by atoms with Gasteiger partial charge in [-0.05, 0) is 42.3 Å². The summed E-state index contributed by atoms with van der Waals surface area (Å²) in [7, 11) is 3.50. The summed E-state index contributed by atoms with van der Waals surface area (Å²) in [6, 6.07) is 13.4. The summed E-state index contributed by atoms with van der Waals surface area (Å²) in [4.78, 5) is 13.6. The second kappa shape index (κ2) is 6.64. The molecule has 1 amide bonds. The number of carbonyl (C=O) groups excluding carboxylic acids is 1. The molecule has 0 spiro atoms. The number of anilines is 1. The van der Waals surface area contributed by atoms with Crippen LogP contribution in [0.25, 0.3) is 0 Å². The Hall–Kier alpha value is -2.00. The zero-order valence-electron chi connectivity index (χ0n) is 12.5. The van der Waals surface area contributed by atoms with E-state index in [2.05, 4.69) is 5.32 Å². The SMILES string of the molecule is Cc1ccc(C(=O)N(C)C)cc1NCc1cccc(Cl)c1. The molecule has 0 bridgehead atoms. The Balaban J connectivity index is 2.16. The average Bonchev–Trinajstić information content (AvgIpc) is 2.45. The number of hydrogen-bond acceptors (Lipinski definition) is 2. The summed E-state index contributed by atoms with van der Waals surface area (Å²) in [6.45, 7) is 2.69. The fraction of sp³-hybridized carbons (Fsp3) is 0.235. The molecular formula is C17H19ClN2O. The molecule has 0 fully saturated rings. The molecule has 2 aromatic rings. The summed E-state index contributed by atoms with van der Waals surface area (Å²) < 4.78 is 0. The van der Waals surface area contributed by atoms with Crippen molar-refractivity contribution < 1.29 is 4.79 Å². The molecule has 21 heavy (non-hydrogen) atoms. The molecule has 110 valence electrons. The molecular weight excluding hydrogens is 284 g/mol. The fourth-order valence-corrected chi connectivity index (χ4v) is 2.26. The van der Waals surface area contributed by atoms with Gasteiger partial charge in [-0.15, -0.1) is 0 Å². The maximum Gasteiger partial charge on any atom is 0.253 e. The first-order valence-corrected chi connectivity index (χ1v) is 7.16. The van der Waals surface area contributed by atoms with Crippen molar-refractivity contribution in [1.29, 1.82) is 0 Å². The molecule has 0 radical (unpaired) electrons. The monoisotopic (exact) mass is 302 g/mol. The highest BCUT2D eigenvalue weighted by Gasteiger charge is 2.09. The van der Waals surface area contributed by atoms with Gasteiger partial charge in [0.1, 0.15) is 0 Å². The lowest BCUT2D eigenvalue weighted by molar-refractivity contribution is 0.0827. The molecule has 0 saturated heterocycles. The number of halogens is 1. The normalized spacial score (nSPS) is 10.3. The second-order valence-electron chi connectivity index (χ2n) is 5.21. The van der Waals surface area contributed by atoms with Crippen LogP contribution in [0.15, 0.2) is 42.5 Å². The molecule has 0 aliphatic heterocycles. The highest BCUT2D eigenvalue weighted by atomic mass is 35.5. The van der Waals surface area contributed by atoms with Crippen molar-refractivity contribution in [2.45, 2.75) is 13.5 Å². The van der Waals surface area contributed by atoms with Gasteiger partial charge in [-0.1, -0.05) is 29.8 Å². The minimum atomic E-state index is 0.000746. The van der Waals surface area contributed by atoms with Gasteiger partial charge in [0.25, 0.3) is 5.91 Å². The molecule has 0 aliphatic rings. The minimum absolute atomic E-state index is 0.000746. The topological polar surface area (TPSA) is 32.3 Å². The lowest BCUT2D eigenvalue weighted by Gasteiger charge is -2.14. The third-order valence-electron chi connectivity index (χ3n) is 3.26. The van der Waals surface area contributed by atoms with E-state index >= 15 is 0 Å². The van der Waals surface area contributed by atoms with Gasteiger partial charge < -0.3 is 10.2 Å². The molecule has 2 aromatic carbocycles. The highest BCUT2D eigenvalue weighted by molar-refractivity contribution is 6.30. The van der Waals surface area contributed by atoms with Gasteiger partial charge >= 0.3 is 0 Å². The lowest BCUT2D eigenvalue weighted by atomic mass is 10.1. The fourth-order valence-electron chi connectivity index (χ4n) is 2.05. The zero-order valence-corrected chi connectivity index (χ0v) is 13.2. The van der Waals surface area contributed by atoms with E-state index in [0.717, 1.165) is 21.8 Å². The third-order valence-corrected chi connectivity index (χ3v) is 3.50. The van der Waals surface area contributed by atoms with Gasteiger partial charge in [0, 0.05) is 36.9 Å². The Morgan fingerprint density at radius 2 is 1.95 bits per heavy atom. The van der Waals surface area contributed by atoms with Crippen LogP contribution >= 0.6 is 11.6 Å². The van der Waals surface area contributed by atoms with Crippen LogP contribution in [0.5, 0.6) is 0 Å². The summed E-state index contributed by atoms with van der Waals surface area (Å²) >= 11 is 5.98. The maximum absolute atomic E-state index is 12.0. The Kier molecular flexibility index (Phi) is 4.86. The van der Waals surface area contributed by atoms with Crippen LogP contribution in [-0.4, -0.2) is 24.9 Å². The second-order valence-corrected chi connectivity index (χ2v) is 5.65. The summed E-state index contributed by atoms with van der Waals surface area (Å²) in [5.74, 6) is 0.000746. The quantitative estimate of drug-likeness (QED) is 0.927. The van der Waals surface area contributed by atoms with E-state index in [-0.39, 0.29) is 5.91 Å². The number of aryl methyl sites for hydroxylation is 1. The molecule has 0 aliphatic carbocycles. The molecule has 2 rings (SSSR count). The van der Waals surface area contributed by atoms with E-state index in [1.54, 1.807) is 19.0 Å². The van der Waals surface area contributed by atoms with Gasteiger partial charge in [-0.3, -0.25) is 4.79 Å². The first-order chi connectivity index (χ1) is 9.97. The van der Waals surface area contributed by atoms with Crippen LogP contribution in [0.3, 0.4) is 0 Å². The van der Waals surface area contributed by atoms with Crippen molar-refractivity contribution in [3.05, 3.63) is 64.2 Å². The standard InChI is InChI=1S/C17H19ClN2O/c1-12-7-8-14(17(21)20(2)3)10-16(12)19-11-13-5-4-6-15(18)9-13/h4-10,19H,11H2,1-3H3. The summed E-state index contributed by atoms with van der Waals surface area (Å²) in [5.41, 5.74) is 3.85. The minimum Gasteiger partial charge on any atom is -0.381 e. The maximum atomic E-state index is 12.0. The Labute approximate surface area is 130 Å². The summed E-state index contributed by atoms with van der Waals surface area (Å²) in [6.07, 6.45) is 0. The van der Waals surface area contributed by atoms with Crippen molar-refractivity contribution in [2.24, 2.45) is 0 Å². The molecule has 0 atom stereocenters. The molecule has 0 heterocycles. The van der Waals surface area contributed by atoms with Crippen molar-refractivity contribution in [3.63, 3.8) is 0 Å².